The number of carbonyl (C=O) groups is 1. The molecular formula is C16H20N4OS. The Hall–Kier alpha value is -1.79. The highest BCUT2D eigenvalue weighted by atomic mass is 32.1. The van der Waals surface area contributed by atoms with E-state index in [1.54, 1.807) is 0 Å². The van der Waals surface area contributed by atoms with E-state index in [0.29, 0.717) is 5.13 Å². The first kappa shape index (κ1) is 15.1. The van der Waals surface area contributed by atoms with Crippen LogP contribution in [-0.4, -0.2) is 41.1 Å². The summed E-state index contributed by atoms with van der Waals surface area (Å²) in [5.41, 5.74) is 2.24. The number of benzene rings is 1. The maximum Gasteiger partial charge on any atom is 0.230 e. The van der Waals surface area contributed by atoms with Crippen molar-refractivity contribution in [3.05, 3.63) is 29.8 Å². The summed E-state index contributed by atoms with van der Waals surface area (Å²) in [4.78, 5) is 14.5. The molecule has 1 unspecified atom stereocenters. The highest BCUT2D eigenvalue weighted by Crippen LogP contribution is 2.27. The number of likely N-dealkylation sites (tertiary alicyclic amines) is 1. The molecule has 1 aliphatic rings. The molecule has 1 atom stereocenters. The Kier molecular flexibility index (Phi) is 4.49. The third-order valence-electron chi connectivity index (χ3n) is 3.95. The van der Waals surface area contributed by atoms with E-state index in [2.05, 4.69) is 34.4 Å². The number of carbonyl (C=O) groups excluding carboxylic acids is 1. The summed E-state index contributed by atoms with van der Waals surface area (Å²) < 4.78 is 0. The van der Waals surface area contributed by atoms with Gasteiger partial charge in [0.1, 0.15) is 5.01 Å². The molecule has 5 nitrogen and oxygen atoms in total. The van der Waals surface area contributed by atoms with E-state index in [1.807, 2.05) is 24.3 Å². The Bertz CT molecular complexity index is 652. The highest BCUT2D eigenvalue weighted by Gasteiger charge is 2.24. The van der Waals surface area contributed by atoms with Gasteiger partial charge in [-0.2, -0.15) is 0 Å². The van der Waals surface area contributed by atoms with Crippen LogP contribution in [0.4, 0.5) is 5.13 Å². The molecule has 0 bridgehead atoms. The van der Waals surface area contributed by atoms with Crippen LogP contribution in [0.1, 0.15) is 18.4 Å². The summed E-state index contributed by atoms with van der Waals surface area (Å²) in [6.45, 7) is 3.94. The normalized spacial score (nSPS) is 19.1. The third kappa shape index (κ3) is 3.51. The van der Waals surface area contributed by atoms with Crippen LogP contribution in [0.25, 0.3) is 10.6 Å². The van der Waals surface area contributed by atoms with Crippen molar-refractivity contribution in [2.24, 2.45) is 5.92 Å². The first-order chi connectivity index (χ1) is 10.6. The Morgan fingerprint density at radius 2 is 2.09 bits per heavy atom. The van der Waals surface area contributed by atoms with Gasteiger partial charge in [0, 0.05) is 12.1 Å². The van der Waals surface area contributed by atoms with Crippen LogP contribution in [-0.2, 0) is 4.79 Å². The molecule has 0 radical (unpaired) electrons. The fourth-order valence-corrected chi connectivity index (χ4v) is 3.43. The number of aromatic nitrogens is 2. The SMILES string of the molecule is Cc1ccc(-c2nnc(NC(=O)C3CCCN(C)C3)s2)cc1. The van der Waals surface area contributed by atoms with E-state index in [0.717, 1.165) is 36.5 Å². The monoisotopic (exact) mass is 316 g/mol. The van der Waals surface area contributed by atoms with E-state index in [1.165, 1.54) is 16.9 Å². The fraction of sp³-hybridized carbons (Fsp3) is 0.438. The summed E-state index contributed by atoms with van der Waals surface area (Å²) in [5, 5.41) is 12.6. The molecule has 3 rings (SSSR count). The molecule has 1 N–H and O–H groups in total. The van der Waals surface area contributed by atoms with Crippen molar-refractivity contribution in [3.63, 3.8) is 0 Å². The lowest BCUT2D eigenvalue weighted by Crippen LogP contribution is -2.38. The van der Waals surface area contributed by atoms with Gasteiger partial charge in [0.25, 0.3) is 0 Å². The largest absolute Gasteiger partial charge is 0.306 e. The van der Waals surface area contributed by atoms with Crippen molar-refractivity contribution < 1.29 is 4.79 Å². The lowest BCUT2D eigenvalue weighted by atomic mass is 9.98. The molecular weight excluding hydrogens is 296 g/mol. The molecule has 1 aromatic heterocycles. The topological polar surface area (TPSA) is 58.1 Å². The molecule has 1 aliphatic heterocycles. The van der Waals surface area contributed by atoms with E-state index in [4.69, 9.17) is 0 Å². The number of hydrogen-bond acceptors (Lipinski definition) is 5. The summed E-state index contributed by atoms with van der Waals surface area (Å²) in [6.07, 6.45) is 2.01. The average Bonchev–Trinajstić information content (AvgIpc) is 2.96. The third-order valence-corrected chi connectivity index (χ3v) is 4.84. The van der Waals surface area contributed by atoms with Crippen LogP contribution < -0.4 is 5.32 Å². The molecule has 1 amide bonds. The zero-order valence-electron chi connectivity index (χ0n) is 12.9. The van der Waals surface area contributed by atoms with E-state index >= 15 is 0 Å². The van der Waals surface area contributed by atoms with Gasteiger partial charge in [-0.3, -0.25) is 4.79 Å². The van der Waals surface area contributed by atoms with Gasteiger partial charge in [-0.15, -0.1) is 10.2 Å². The number of anilines is 1. The van der Waals surface area contributed by atoms with Gasteiger partial charge < -0.3 is 10.2 Å². The molecule has 2 aromatic rings. The molecule has 2 heterocycles. The van der Waals surface area contributed by atoms with Gasteiger partial charge in [0.2, 0.25) is 11.0 Å². The molecule has 116 valence electrons. The van der Waals surface area contributed by atoms with Gasteiger partial charge in [0.15, 0.2) is 0 Å². The van der Waals surface area contributed by atoms with Crippen molar-refractivity contribution in [2.45, 2.75) is 19.8 Å². The molecule has 22 heavy (non-hydrogen) atoms. The molecule has 0 spiro atoms. The number of aryl methyl sites for hydroxylation is 1. The van der Waals surface area contributed by atoms with E-state index in [9.17, 15) is 4.79 Å². The predicted molar refractivity (Wildman–Crippen MR) is 88.9 cm³/mol. The minimum Gasteiger partial charge on any atom is -0.306 e. The van der Waals surface area contributed by atoms with Gasteiger partial charge >= 0.3 is 0 Å². The maximum absolute atomic E-state index is 12.3. The van der Waals surface area contributed by atoms with Gasteiger partial charge in [-0.1, -0.05) is 41.2 Å². The van der Waals surface area contributed by atoms with Gasteiger partial charge in [-0.25, -0.2) is 0 Å². The van der Waals surface area contributed by atoms with E-state index < -0.39 is 0 Å². The standard InChI is InChI=1S/C16H20N4OS/c1-11-5-7-12(8-6-11)15-18-19-16(22-15)17-14(21)13-4-3-9-20(2)10-13/h5-8,13H,3-4,9-10H2,1-2H3,(H,17,19,21). The molecule has 1 fully saturated rings. The average molecular weight is 316 g/mol. The minimum absolute atomic E-state index is 0.0467. The van der Waals surface area contributed by atoms with Crippen LogP contribution in [0.2, 0.25) is 0 Å². The lowest BCUT2D eigenvalue weighted by Gasteiger charge is -2.28. The molecule has 0 aliphatic carbocycles. The fourth-order valence-electron chi connectivity index (χ4n) is 2.67. The van der Waals surface area contributed by atoms with Crippen molar-refractivity contribution in [1.82, 2.24) is 15.1 Å². The molecule has 1 saturated heterocycles. The second kappa shape index (κ2) is 6.54. The van der Waals surface area contributed by atoms with Crippen LogP contribution in [0.3, 0.4) is 0 Å². The number of amides is 1. The summed E-state index contributed by atoms with van der Waals surface area (Å²) in [7, 11) is 2.06. The predicted octanol–water partition coefficient (Wildman–Crippen LogP) is 2.79. The van der Waals surface area contributed by atoms with Gasteiger partial charge in [0.05, 0.1) is 5.92 Å². The molecule has 1 aromatic carbocycles. The van der Waals surface area contributed by atoms with Gasteiger partial charge in [-0.05, 0) is 33.4 Å². The molecule has 0 saturated carbocycles. The van der Waals surface area contributed by atoms with E-state index in [-0.39, 0.29) is 11.8 Å². The number of nitrogens with one attached hydrogen (secondary N) is 1. The molecule has 6 heteroatoms. The Balaban J connectivity index is 1.66. The first-order valence-corrected chi connectivity index (χ1v) is 8.33. The highest BCUT2D eigenvalue weighted by molar-refractivity contribution is 7.18. The summed E-state index contributed by atoms with van der Waals surface area (Å²) >= 11 is 1.42. The zero-order chi connectivity index (χ0) is 15.5. The number of nitrogens with zero attached hydrogens (tertiary/aromatic N) is 3. The number of rotatable bonds is 3. The number of hydrogen-bond donors (Lipinski definition) is 1. The smallest absolute Gasteiger partial charge is 0.230 e. The van der Waals surface area contributed by atoms with Crippen LogP contribution in [0.15, 0.2) is 24.3 Å². The Labute approximate surface area is 134 Å². The quantitative estimate of drug-likeness (QED) is 0.946. The van der Waals surface area contributed by atoms with Crippen LogP contribution in [0, 0.1) is 12.8 Å². The zero-order valence-corrected chi connectivity index (χ0v) is 13.7. The minimum atomic E-state index is 0.0467. The van der Waals surface area contributed by atoms with Crippen molar-refractivity contribution in [3.8, 4) is 10.6 Å². The number of piperidine rings is 1. The first-order valence-electron chi connectivity index (χ1n) is 7.52. The summed E-state index contributed by atoms with van der Waals surface area (Å²) in [5.74, 6) is 0.101. The lowest BCUT2D eigenvalue weighted by molar-refractivity contribution is -0.121. The Morgan fingerprint density at radius 3 is 2.82 bits per heavy atom. The second-order valence-corrected chi connectivity index (χ2v) is 6.85. The second-order valence-electron chi connectivity index (χ2n) is 5.87. The summed E-state index contributed by atoms with van der Waals surface area (Å²) in [6, 6.07) is 8.15. The van der Waals surface area contributed by atoms with Crippen LogP contribution >= 0.6 is 11.3 Å². The van der Waals surface area contributed by atoms with Crippen LogP contribution in [0.5, 0.6) is 0 Å². The maximum atomic E-state index is 12.3. The van der Waals surface area contributed by atoms with Crippen molar-refractivity contribution in [1.29, 1.82) is 0 Å². The van der Waals surface area contributed by atoms with Crippen molar-refractivity contribution >= 4 is 22.4 Å². The van der Waals surface area contributed by atoms with Crippen molar-refractivity contribution in [2.75, 3.05) is 25.5 Å². The Morgan fingerprint density at radius 1 is 1.32 bits per heavy atom.